The molecule has 136 valence electrons. The summed E-state index contributed by atoms with van der Waals surface area (Å²) in [5.41, 5.74) is 1.23. The molecule has 0 N–H and O–H groups in total. The maximum atomic E-state index is 13.5. The van der Waals surface area contributed by atoms with Gasteiger partial charge in [0, 0.05) is 17.7 Å². The van der Waals surface area contributed by atoms with Crippen LogP contribution in [0.3, 0.4) is 0 Å². The number of ether oxygens (including phenoxy) is 1. The van der Waals surface area contributed by atoms with Gasteiger partial charge in [0.05, 0.1) is 5.92 Å². The summed E-state index contributed by atoms with van der Waals surface area (Å²) in [5.74, 6) is -0.246. The quantitative estimate of drug-likeness (QED) is 0.725. The summed E-state index contributed by atoms with van der Waals surface area (Å²) in [6, 6.07) is 12.4. The molecule has 26 heavy (non-hydrogen) atoms. The summed E-state index contributed by atoms with van der Waals surface area (Å²) in [7, 11) is 0. The van der Waals surface area contributed by atoms with E-state index in [4.69, 9.17) is 4.74 Å². The van der Waals surface area contributed by atoms with Crippen molar-refractivity contribution in [2.45, 2.75) is 37.4 Å². The second kappa shape index (κ2) is 6.34. The SMILES string of the molecule is O=C(C1c2ccccc2Oc2ccccc21)N1CCCCC1C(F)(F)F. The smallest absolute Gasteiger partial charge is 0.408 e. The number of hydrogen-bond donors (Lipinski definition) is 0. The fraction of sp³-hybridized carbons (Fsp3) is 0.350. The number of rotatable bonds is 1. The number of hydrogen-bond acceptors (Lipinski definition) is 2. The Bertz CT molecular complexity index is 788. The minimum atomic E-state index is -4.42. The Hall–Kier alpha value is -2.50. The maximum Gasteiger partial charge on any atom is 0.408 e. The van der Waals surface area contributed by atoms with Crippen molar-refractivity contribution in [1.29, 1.82) is 0 Å². The molecule has 1 saturated heterocycles. The molecule has 2 aliphatic rings. The highest BCUT2D eigenvalue weighted by atomic mass is 19.4. The van der Waals surface area contributed by atoms with Gasteiger partial charge in [-0.3, -0.25) is 4.79 Å². The summed E-state index contributed by atoms with van der Waals surface area (Å²) in [5, 5.41) is 0. The van der Waals surface area contributed by atoms with E-state index in [1.165, 1.54) is 0 Å². The number of nitrogens with zero attached hydrogens (tertiary/aromatic N) is 1. The van der Waals surface area contributed by atoms with Crippen LogP contribution in [0, 0.1) is 0 Å². The lowest BCUT2D eigenvalue weighted by Gasteiger charge is -2.40. The number of piperidine rings is 1. The van der Waals surface area contributed by atoms with Crippen molar-refractivity contribution in [1.82, 2.24) is 4.90 Å². The highest BCUT2D eigenvalue weighted by Crippen LogP contribution is 2.46. The molecule has 6 heteroatoms. The first-order valence-corrected chi connectivity index (χ1v) is 8.70. The van der Waals surface area contributed by atoms with Crippen molar-refractivity contribution in [2.24, 2.45) is 0 Å². The van der Waals surface area contributed by atoms with Crippen LogP contribution in [0.15, 0.2) is 48.5 Å². The zero-order valence-corrected chi connectivity index (χ0v) is 14.0. The van der Waals surface area contributed by atoms with Crippen molar-refractivity contribution < 1.29 is 22.7 Å². The molecule has 0 bridgehead atoms. The summed E-state index contributed by atoms with van der Waals surface area (Å²) in [6.07, 6.45) is -3.39. The van der Waals surface area contributed by atoms with E-state index < -0.39 is 24.0 Å². The lowest BCUT2D eigenvalue weighted by molar-refractivity contribution is -0.196. The van der Waals surface area contributed by atoms with Gasteiger partial charge in [0.2, 0.25) is 5.91 Å². The van der Waals surface area contributed by atoms with Gasteiger partial charge in [-0.05, 0) is 31.4 Å². The summed E-state index contributed by atoms with van der Waals surface area (Å²) in [6.45, 7) is 0.130. The van der Waals surface area contributed by atoms with Gasteiger partial charge < -0.3 is 9.64 Å². The number of fused-ring (bicyclic) bond motifs is 2. The standard InChI is InChI=1S/C20H18F3NO2/c21-20(22,23)17-11-5-6-12-24(17)19(25)18-13-7-1-3-9-15(13)26-16-10-4-2-8-14(16)18/h1-4,7-10,17-18H,5-6,11-12H2. The van der Waals surface area contributed by atoms with E-state index in [-0.39, 0.29) is 13.0 Å². The highest BCUT2D eigenvalue weighted by molar-refractivity contribution is 5.90. The molecule has 4 rings (SSSR count). The molecule has 0 aromatic heterocycles. The normalized spacial score (nSPS) is 20.1. The van der Waals surface area contributed by atoms with Gasteiger partial charge in [-0.1, -0.05) is 36.4 Å². The van der Waals surface area contributed by atoms with Crippen LogP contribution in [0.25, 0.3) is 0 Å². The average molecular weight is 361 g/mol. The maximum absolute atomic E-state index is 13.5. The monoisotopic (exact) mass is 361 g/mol. The van der Waals surface area contributed by atoms with Crippen molar-refractivity contribution >= 4 is 5.91 Å². The predicted molar refractivity (Wildman–Crippen MR) is 90.2 cm³/mol. The molecule has 2 aliphatic heterocycles. The first-order chi connectivity index (χ1) is 12.5. The van der Waals surface area contributed by atoms with E-state index in [0.29, 0.717) is 35.5 Å². The Morgan fingerprint density at radius 3 is 2.12 bits per heavy atom. The van der Waals surface area contributed by atoms with Crippen LogP contribution in [0.1, 0.15) is 36.3 Å². The highest BCUT2D eigenvalue weighted by Gasteiger charge is 2.48. The molecule has 0 saturated carbocycles. The van der Waals surface area contributed by atoms with Gasteiger partial charge in [-0.2, -0.15) is 13.2 Å². The topological polar surface area (TPSA) is 29.5 Å². The van der Waals surface area contributed by atoms with E-state index in [0.717, 1.165) is 4.90 Å². The molecule has 1 fully saturated rings. The Labute approximate surface area is 149 Å². The molecule has 1 atom stereocenters. The number of alkyl halides is 3. The van der Waals surface area contributed by atoms with Crippen LogP contribution in [0.2, 0.25) is 0 Å². The average Bonchev–Trinajstić information content (AvgIpc) is 2.65. The minimum Gasteiger partial charge on any atom is -0.457 e. The number of carbonyl (C=O) groups is 1. The number of halogens is 3. The third kappa shape index (κ3) is 2.83. The first-order valence-electron chi connectivity index (χ1n) is 8.70. The van der Waals surface area contributed by atoms with Gasteiger partial charge in [0.1, 0.15) is 17.5 Å². The molecular formula is C20H18F3NO2. The van der Waals surface area contributed by atoms with Crippen molar-refractivity contribution in [3.05, 3.63) is 59.7 Å². The fourth-order valence-electron chi connectivity index (χ4n) is 3.88. The summed E-state index contributed by atoms with van der Waals surface area (Å²) >= 11 is 0. The largest absolute Gasteiger partial charge is 0.457 e. The molecule has 2 heterocycles. The second-order valence-electron chi connectivity index (χ2n) is 6.70. The second-order valence-corrected chi connectivity index (χ2v) is 6.70. The zero-order valence-electron chi connectivity index (χ0n) is 14.0. The van der Waals surface area contributed by atoms with Crippen molar-refractivity contribution in [3.8, 4) is 11.5 Å². The Morgan fingerprint density at radius 1 is 0.962 bits per heavy atom. The van der Waals surface area contributed by atoms with Crippen LogP contribution < -0.4 is 4.74 Å². The lowest BCUT2D eigenvalue weighted by atomic mass is 9.85. The van der Waals surface area contributed by atoms with Crippen molar-refractivity contribution in [3.63, 3.8) is 0 Å². The molecule has 0 aliphatic carbocycles. The van der Waals surface area contributed by atoms with Crippen LogP contribution in [0.4, 0.5) is 13.2 Å². The van der Waals surface area contributed by atoms with Gasteiger partial charge in [-0.25, -0.2) is 0 Å². The zero-order chi connectivity index (χ0) is 18.3. The van der Waals surface area contributed by atoms with Gasteiger partial charge in [-0.15, -0.1) is 0 Å². The number of benzene rings is 2. The number of amides is 1. The van der Waals surface area contributed by atoms with Gasteiger partial charge in [0.25, 0.3) is 0 Å². The van der Waals surface area contributed by atoms with E-state index in [1.807, 2.05) is 0 Å². The summed E-state index contributed by atoms with van der Waals surface area (Å²) < 4.78 is 46.3. The molecule has 3 nitrogen and oxygen atoms in total. The minimum absolute atomic E-state index is 0.0399. The summed E-state index contributed by atoms with van der Waals surface area (Å²) in [4.78, 5) is 14.3. The number of likely N-dealkylation sites (tertiary alicyclic amines) is 1. The Kier molecular flexibility index (Phi) is 4.13. The Morgan fingerprint density at radius 2 is 1.54 bits per heavy atom. The first kappa shape index (κ1) is 16.9. The van der Waals surface area contributed by atoms with E-state index in [9.17, 15) is 18.0 Å². The third-order valence-corrected chi connectivity index (χ3v) is 5.09. The van der Waals surface area contributed by atoms with Crippen LogP contribution >= 0.6 is 0 Å². The van der Waals surface area contributed by atoms with E-state index in [1.54, 1.807) is 48.5 Å². The van der Waals surface area contributed by atoms with Crippen LogP contribution in [-0.2, 0) is 4.79 Å². The lowest BCUT2D eigenvalue weighted by Crippen LogP contribution is -2.53. The van der Waals surface area contributed by atoms with Crippen LogP contribution in [-0.4, -0.2) is 29.6 Å². The number of para-hydroxylation sites is 2. The predicted octanol–water partition coefficient (Wildman–Crippen LogP) is 4.87. The Balaban J connectivity index is 1.78. The van der Waals surface area contributed by atoms with Gasteiger partial charge in [0.15, 0.2) is 0 Å². The molecule has 1 amide bonds. The molecule has 0 spiro atoms. The molecular weight excluding hydrogens is 343 g/mol. The number of carbonyl (C=O) groups excluding carboxylic acids is 1. The van der Waals surface area contributed by atoms with Gasteiger partial charge >= 0.3 is 6.18 Å². The fourth-order valence-corrected chi connectivity index (χ4v) is 3.88. The molecule has 1 unspecified atom stereocenters. The molecule has 0 radical (unpaired) electrons. The van der Waals surface area contributed by atoms with Crippen LogP contribution in [0.5, 0.6) is 11.5 Å². The van der Waals surface area contributed by atoms with Crippen molar-refractivity contribution in [2.75, 3.05) is 6.54 Å². The molecule has 2 aromatic rings. The molecule has 2 aromatic carbocycles. The van der Waals surface area contributed by atoms with E-state index in [2.05, 4.69) is 0 Å². The van der Waals surface area contributed by atoms with E-state index >= 15 is 0 Å². The third-order valence-electron chi connectivity index (χ3n) is 5.09.